The molecule has 9 radical (unpaired) electrons. The van der Waals surface area contributed by atoms with Gasteiger partial charge in [0, 0.05) is 123 Å². The van der Waals surface area contributed by atoms with Crippen LogP contribution in [0, 0.1) is 81.7 Å². The molecule has 0 unspecified atom stereocenters. The minimum absolute atomic E-state index is 0. The first-order valence-electron chi connectivity index (χ1n) is 29.5. The number of nitrogens with zero attached hydrogens (tertiary/aromatic N) is 1. The molecule has 0 aliphatic carbocycles. The van der Waals surface area contributed by atoms with Gasteiger partial charge in [-0.1, -0.05) is 68.1 Å². The second kappa shape index (κ2) is 154. The predicted octanol–water partition coefficient (Wildman–Crippen LogP) is 10.3. The summed E-state index contributed by atoms with van der Waals surface area (Å²) >= 11 is 1.52. The molecule has 2 aromatic rings. The molecule has 0 heterocycles. The van der Waals surface area contributed by atoms with Gasteiger partial charge in [0.1, 0.15) is 6.29 Å². The number of carbonyl (C=O) groups excluding carboxylic acids is 1. The molecule has 37 N–H and O–H groups in total. The van der Waals surface area contributed by atoms with Gasteiger partial charge in [-0.15, -0.1) is 0 Å². The van der Waals surface area contributed by atoms with Crippen LogP contribution in [0.3, 0.4) is 0 Å². The molecule has 0 aromatic heterocycles. The van der Waals surface area contributed by atoms with Crippen molar-refractivity contribution in [1.82, 2.24) is 0 Å². The van der Waals surface area contributed by atoms with Crippen LogP contribution < -0.4 is 0 Å². The van der Waals surface area contributed by atoms with Crippen LogP contribution in [0.1, 0.15) is 320 Å². The molecule has 0 saturated heterocycles. The molecule has 0 aliphatic rings. The van der Waals surface area contributed by atoms with E-state index in [4.69, 9.17) is 76.6 Å². The molecule has 0 saturated carbocycles. The van der Waals surface area contributed by atoms with Crippen LogP contribution >= 0.6 is 0 Å². The Morgan fingerprint density at radius 2 is 0.317 bits per heavy atom. The third kappa shape index (κ3) is 2100. The van der Waals surface area contributed by atoms with E-state index < -0.39 is 79.1 Å². The average molecular weight is 2570 g/mol. The van der Waals surface area contributed by atoms with Gasteiger partial charge >= 0.3 is 140 Å². The quantitative estimate of drug-likeness (QED) is 0.0575. The number of benzene rings is 2. The normalized spacial score (nSPS) is 8.38. The number of hydrogen-bond donors (Lipinski definition) is 15. The van der Waals surface area contributed by atoms with E-state index in [1.165, 1.54) is 20.9 Å². The molecule has 0 bridgehead atoms. The number of carbonyl (C=O) groups is 1. The Hall–Kier alpha value is 4.27. The Kier molecular flexibility index (Phi) is 396. The summed E-state index contributed by atoms with van der Waals surface area (Å²) in [4.78, 5) is 10.0. The van der Waals surface area contributed by atoms with Crippen molar-refractivity contribution in [2.24, 2.45) is 3.34 Å². The van der Waals surface area contributed by atoms with Crippen LogP contribution in [0.4, 0.5) is 0 Å². The fourth-order valence-corrected chi connectivity index (χ4v) is 1.16. The second-order valence-electron chi connectivity index (χ2n) is 33.8. The maximum Gasteiger partial charge on any atom is 2.00 e. The van der Waals surface area contributed by atoms with Crippen LogP contribution in [0.15, 0.2) is 64.0 Å². The summed E-state index contributed by atoms with van der Waals surface area (Å²) in [7, 11) is 0. The van der Waals surface area contributed by atoms with E-state index in [9.17, 15) is 4.79 Å². The van der Waals surface area contributed by atoms with Gasteiger partial charge in [0.2, 0.25) is 0 Å². The maximum atomic E-state index is 10.0. The van der Waals surface area contributed by atoms with Crippen LogP contribution in [0.5, 0.6) is 0 Å². The molecular formula is C82H212NNb10O27-3. The summed E-state index contributed by atoms with van der Waals surface area (Å²) in [6, 6.07) is 17.8. The largest absolute Gasteiger partial charge is 2.00 e. The van der Waals surface area contributed by atoms with Gasteiger partial charge in [-0.25, -0.2) is 0 Å². The molecule has 0 amide bonds. The van der Waals surface area contributed by atoms with Crippen LogP contribution in [0.25, 0.3) is 0 Å². The number of hydrogen-bond acceptors (Lipinski definition) is 17. The van der Waals surface area contributed by atoms with E-state index in [1.807, 2.05) is 24.3 Å². The fourth-order valence-electron chi connectivity index (χ4n) is 1.16. The zero-order valence-corrected chi connectivity index (χ0v) is 107. The van der Waals surface area contributed by atoms with Gasteiger partial charge in [-0.05, 0) is 270 Å². The Balaban J connectivity index is -0.0000000109. The minimum atomic E-state index is -1.34. The average Bonchev–Trinajstić information content (AvgIpc) is 3.07. The van der Waals surface area contributed by atoms with E-state index >= 15 is 0 Å². The molecule has 0 atom stereocenters. The van der Waals surface area contributed by atoms with Gasteiger partial charge in [0.15, 0.2) is 6.29 Å². The van der Waals surface area contributed by atoms with Crippen molar-refractivity contribution in [2.45, 2.75) is 383 Å². The Bertz CT molecular complexity index is 1420. The van der Waals surface area contributed by atoms with Crippen LogP contribution in [-0.4, -0.2) is 221 Å². The Labute approximate surface area is 899 Å². The molecule has 2 rings (SSSR count). The molecule has 0 fully saturated rings. The van der Waals surface area contributed by atoms with Crippen molar-refractivity contribution in [1.29, 1.82) is 0 Å². The molecule has 38 heteroatoms. The van der Waals surface area contributed by atoms with E-state index in [0.717, 1.165) is 11.8 Å². The molecule has 28 nitrogen and oxygen atoms in total. The zero-order valence-electron chi connectivity index (χ0n) is 85.5. The van der Waals surface area contributed by atoms with Gasteiger partial charge in [-0.2, -0.15) is 0 Å². The van der Waals surface area contributed by atoms with Crippen molar-refractivity contribution < 1.29 is 364 Å². The first kappa shape index (κ1) is 308. The van der Waals surface area contributed by atoms with E-state index in [0.29, 0.717) is 5.56 Å². The summed E-state index contributed by atoms with van der Waals surface area (Å²) < 4.78 is 4.07. The predicted molar refractivity (Wildman–Crippen MR) is 490 cm³/mol. The molecule has 0 aliphatic heterocycles. The zero-order chi connectivity index (χ0) is 76.2. The third-order valence-electron chi connectivity index (χ3n) is 2.33. The number of rotatable bonds is 2. The van der Waals surface area contributed by atoms with Crippen LogP contribution in [-0.2, 0) is 222 Å². The van der Waals surface area contributed by atoms with E-state index in [1.54, 1.807) is 306 Å². The Morgan fingerprint density at radius 3 is 0.358 bits per heavy atom. The third-order valence-corrected chi connectivity index (χ3v) is 3.81. The molecule has 120 heavy (non-hydrogen) atoms. The molecular weight excluding hydrogens is 2360 g/mol. The van der Waals surface area contributed by atoms with Gasteiger partial charge in [0.25, 0.3) is 0 Å². The topological polar surface area (TPSA) is 679 Å². The van der Waals surface area contributed by atoms with Crippen LogP contribution in [0.2, 0.25) is 0 Å². The number of aliphatic hydroxyl groups is 15. The number of aliphatic hydroxyl groups excluding tert-OH is 1. The maximum absolute atomic E-state index is 10.0. The fraction of sp³-hybridized carbons (Fsp3) is 0.707. The standard InChI is InChI=1S/C7H8O2.C7H6O.C4H9N.13C4H10O.CH4.11CH3.10Nb.11H2O/c8-7(9)6-4-2-1-3-5-6;8-6-7-4-2-1-3-5-7;14*1-4(2,3)5;;;;;;;;;;;;;;;;;;;;;;;;;;;;;;;;;/h1-5,7-9H;1-6H;1-3H3;13*5H,1-3H3;1H4;11*1H3;;;;;;;;;;;11*1H2/q;;;;;;;;;;;;;;;;;11*-1;;;;;;;4*+2;;;;;;;;;;;. The SMILES string of the molecule is C.CC(C)(C)O.CC(C)(C)O.CC(C)(C)O.CC(C)(C)O.CC(C)(C)O.CC(C)(C)O.CC(C)(C)O.CC(C)(C)O.CC(C)(C)O.CC(C)(C)O.CC(C)(C)O.CC(C)(C)O.CC(C)(C)O.CC(C)(C)[N]=[Nb].O.O.O.O.O.O.O.O.O.O.O.O=Cc1ccccc1.OC(O)c1ccccc1.[CH3-].[CH3-].[CH3-].[CH3-].[CH3-].[CH3-].[CH3-].[CH3-].[CH3-].[CH3-].[CH3-].[Nb+2].[Nb+2].[Nb+2].[Nb+2].[Nb].[Nb].[Nb].[Nb].[Nb]. The van der Waals surface area contributed by atoms with Crippen molar-refractivity contribution in [3.05, 3.63) is 153 Å². The summed E-state index contributed by atoms with van der Waals surface area (Å²) in [6.45, 7) is 74.2. The summed E-state index contributed by atoms with van der Waals surface area (Å²) in [5, 5.41) is 128. The van der Waals surface area contributed by atoms with Crippen molar-refractivity contribution >= 4 is 6.29 Å². The van der Waals surface area contributed by atoms with Gasteiger partial charge in [-0.3, -0.25) is 4.79 Å². The smallest absolute Gasteiger partial charge is 0.412 e. The van der Waals surface area contributed by atoms with Gasteiger partial charge in [0.05, 0.1) is 72.8 Å². The first-order chi connectivity index (χ1) is 36.8. The monoisotopic (exact) mass is 2570 g/mol. The van der Waals surface area contributed by atoms with Crippen molar-refractivity contribution in [3.63, 3.8) is 0 Å². The summed E-state index contributed by atoms with van der Waals surface area (Å²) in [6.07, 6.45) is -0.508. The molecule has 2 aromatic carbocycles. The van der Waals surface area contributed by atoms with Crippen molar-refractivity contribution in [3.8, 4) is 0 Å². The van der Waals surface area contributed by atoms with Gasteiger partial charge < -0.3 is 219 Å². The van der Waals surface area contributed by atoms with Crippen molar-refractivity contribution in [2.75, 3.05) is 0 Å². The molecule has 0 spiro atoms. The van der Waals surface area contributed by atoms with E-state index in [2.05, 4.69) is 24.1 Å². The molecule has 760 valence electrons. The minimum Gasteiger partial charge on any atom is -0.412 e. The summed E-state index contributed by atoms with van der Waals surface area (Å²) in [5.41, 5.74) is -5.06. The second-order valence-corrected chi connectivity index (χ2v) is 34.3. The Morgan fingerprint density at radius 1 is 0.242 bits per heavy atom. The number of aldehydes is 1. The summed E-state index contributed by atoms with van der Waals surface area (Å²) in [5.74, 6) is 0. The van der Waals surface area contributed by atoms with E-state index in [-0.39, 0.29) is 356 Å². The first-order valence-corrected chi connectivity index (χ1v) is 30.5.